The van der Waals surface area contributed by atoms with Crippen LogP contribution < -0.4 is 4.90 Å². The van der Waals surface area contributed by atoms with Crippen LogP contribution in [0.25, 0.3) is 0 Å². The molecule has 1 rings (SSSR count). The third-order valence-corrected chi connectivity index (χ3v) is 4.55. The zero-order valence-corrected chi connectivity index (χ0v) is 13.0. The fourth-order valence-electron chi connectivity index (χ4n) is 1.85. The molecule has 1 aromatic rings. The second-order valence-corrected chi connectivity index (χ2v) is 6.92. The monoisotopic (exact) mass is 325 g/mol. The van der Waals surface area contributed by atoms with Crippen LogP contribution in [0.15, 0.2) is 29.2 Å². The van der Waals surface area contributed by atoms with Crippen LogP contribution in [0.2, 0.25) is 0 Å². The number of sulfone groups is 1. The molecule has 0 aliphatic carbocycles. The molecule has 0 aromatic heterocycles. The van der Waals surface area contributed by atoms with E-state index in [2.05, 4.69) is 0 Å². The van der Waals surface area contributed by atoms with Gasteiger partial charge in [0.1, 0.15) is 0 Å². The maximum atomic E-state index is 12.4. The van der Waals surface area contributed by atoms with Crippen molar-refractivity contribution in [1.29, 1.82) is 0 Å². The van der Waals surface area contributed by atoms with Crippen molar-refractivity contribution in [1.82, 2.24) is 0 Å². The van der Waals surface area contributed by atoms with Gasteiger partial charge in [-0.05, 0) is 44.5 Å². The first-order valence-corrected chi connectivity index (χ1v) is 8.33. The summed E-state index contributed by atoms with van der Waals surface area (Å²) >= 11 is 5.67. The summed E-state index contributed by atoms with van der Waals surface area (Å²) < 4.78 is 47.6. The minimum Gasteiger partial charge on any atom is -0.369 e. The van der Waals surface area contributed by atoms with Gasteiger partial charge in [-0.25, -0.2) is 8.42 Å². The van der Waals surface area contributed by atoms with Gasteiger partial charge in [-0.3, -0.25) is 0 Å². The fourth-order valence-corrected chi connectivity index (χ4v) is 2.69. The lowest BCUT2D eigenvalue weighted by atomic mass is 10.2. The van der Waals surface area contributed by atoms with Crippen LogP contribution >= 0.6 is 11.6 Å². The van der Waals surface area contributed by atoms with E-state index in [1.807, 2.05) is 18.7 Å². The predicted octanol–water partition coefficient (Wildman–Crippen LogP) is 3.53. The minimum atomic E-state index is -4.53. The van der Waals surface area contributed by atoms with Crippen LogP contribution in [-0.4, -0.2) is 32.6 Å². The van der Waals surface area contributed by atoms with Gasteiger partial charge in [0, 0.05) is 24.2 Å². The SMILES string of the molecule is CC(C)N(CCCCl)c1ccc(S(=O)(=O)C(F)F)cc1. The number of nitrogens with zero attached hydrogens (tertiary/aromatic N) is 1. The molecule has 0 spiro atoms. The van der Waals surface area contributed by atoms with Gasteiger partial charge in [0.05, 0.1) is 4.90 Å². The van der Waals surface area contributed by atoms with E-state index in [4.69, 9.17) is 11.6 Å². The van der Waals surface area contributed by atoms with Crippen molar-refractivity contribution in [3.63, 3.8) is 0 Å². The second-order valence-electron chi connectivity index (χ2n) is 4.63. The molecule has 0 aliphatic rings. The number of rotatable bonds is 7. The lowest BCUT2D eigenvalue weighted by Gasteiger charge is -2.29. The van der Waals surface area contributed by atoms with Crippen molar-refractivity contribution in [3.05, 3.63) is 24.3 Å². The molecule has 0 fully saturated rings. The van der Waals surface area contributed by atoms with Crippen molar-refractivity contribution in [2.24, 2.45) is 0 Å². The van der Waals surface area contributed by atoms with Gasteiger partial charge in [-0.1, -0.05) is 0 Å². The summed E-state index contributed by atoms with van der Waals surface area (Å²) in [7, 11) is -4.53. The van der Waals surface area contributed by atoms with E-state index >= 15 is 0 Å². The molecule has 7 heteroatoms. The normalized spacial score (nSPS) is 12.2. The van der Waals surface area contributed by atoms with Gasteiger partial charge < -0.3 is 4.90 Å². The highest BCUT2D eigenvalue weighted by Gasteiger charge is 2.26. The molecule has 0 saturated heterocycles. The Balaban J connectivity index is 3.00. The van der Waals surface area contributed by atoms with E-state index in [0.29, 0.717) is 5.88 Å². The summed E-state index contributed by atoms with van der Waals surface area (Å²) in [6.07, 6.45) is 0.789. The molecule has 0 N–H and O–H groups in total. The van der Waals surface area contributed by atoms with Crippen LogP contribution in [0.1, 0.15) is 20.3 Å². The Kier molecular flexibility index (Phi) is 6.20. The maximum Gasteiger partial charge on any atom is 0.341 e. The largest absolute Gasteiger partial charge is 0.369 e. The van der Waals surface area contributed by atoms with Crippen LogP contribution in [0.3, 0.4) is 0 Å². The Labute approximate surface area is 123 Å². The third-order valence-electron chi connectivity index (χ3n) is 2.89. The Hall–Kier alpha value is -0.880. The van der Waals surface area contributed by atoms with Crippen molar-refractivity contribution in [2.75, 3.05) is 17.3 Å². The fraction of sp³-hybridized carbons (Fsp3) is 0.538. The van der Waals surface area contributed by atoms with Gasteiger partial charge in [-0.15, -0.1) is 11.6 Å². The van der Waals surface area contributed by atoms with E-state index in [9.17, 15) is 17.2 Å². The smallest absolute Gasteiger partial charge is 0.341 e. The number of hydrogen-bond acceptors (Lipinski definition) is 3. The Morgan fingerprint density at radius 1 is 1.20 bits per heavy atom. The molecule has 0 radical (unpaired) electrons. The molecule has 0 unspecified atom stereocenters. The first-order valence-electron chi connectivity index (χ1n) is 6.25. The minimum absolute atomic E-state index is 0.204. The molecule has 0 bridgehead atoms. The van der Waals surface area contributed by atoms with Crippen LogP contribution in [0.5, 0.6) is 0 Å². The van der Waals surface area contributed by atoms with Gasteiger partial charge in [0.25, 0.3) is 0 Å². The Morgan fingerprint density at radius 2 is 1.75 bits per heavy atom. The third kappa shape index (κ3) is 4.06. The Bertz CT molecular complexity index is 518. The van der Waals surface area contributed by atoms with Gasteiger partial charge >= 0.3 is 5.76 Å². The molecule has 0 aliphatic heterocycles. The summed E-state index contributed by atoms with van der Waals surface area (Å²) in [6.45, 7) is 4.72. The maximum absolute atomic E-state index is 12.4. The van der Waals surface area contributed by atoms with E-state index in [-0.39, 0.29) is 10.9 Å². The number of anilines is 1. The highest BCUT2D eigenvalue weighted by atomic mass is 35.5. The molecule has 3 nitrogen and oxygen atoms in total. The molecule has 1 aromatic carbocycles. The second kappa shape index (κ2) is 7.22. The van der Waals surface area contributed by atoms with E-state index in [0.717, 1.165) is 18.7 Å². The van der Waals surface area contributed by atoms with Gasteiger partial charge in [-0.2, -0.15) is 8.78 Å². The summed E-state index contributed by atoms with van der Waals surface area (Å²) in [5.74, 6) is -2.87. The Morgan fingerprint density at radius 3 is 2.15 bits per heavy atom. The van der Waals surface area contributed by atoms with Crippen LogP contribution in [0, 0.1) is 0 Å². The predicted molar refractivity (Wildman–Crippen MR) is 77.5 cm³/mol. The lowest BCUT2D eigenvalue weighted by molar-refractivity contribution is 0.234. The van der Waals surface area contributed by atoms with E-state index in [1.54, 1.807) is 12.1 Å². The summed E-state index contributed by atoms with van der Waals surface area (Å²) in [5, 5.41) is 0. The van der Waals surface area contributed by atoms with Gasteiger partial charge in [0.2, 0.25) is 9.84 Å². The summed E-state index contributed by atoms with van der Waals surface area (Å²) in [4.78, 5) is 1.68. The topological polar surface area (TPSA) is 37.4 Å². The molecular weight excluding hydrogens is 308 g/mol. The zero-order chi connectivity index (χ0) is 15.3. The number of hydrogen-bond donors (Lipinski definition) is 0. The molecular formula is C13H18ClF2NO2S. The van der Waals surface area contributed by atoms with Crippen molar-refractivity contribution >= 4 is 27.1 Å². The van der Waals surface area contributed by atoms with Gasteiger partial charge in [0.15, 0.2) is 0 Å². The molecule has 114 valence electrons. The first-order chi connectivity index (χ1) is 9.30. The number of halogens is 3. The van der Waals surface area contributed by atoms with E-state index in [1.165, 1.54) is 12.1 Å². The molecule has 0 atom stereocenters. The number of benzene rings is 1. The molecule has 0 saturated carbocycles. The lowest BCUT2D eigenvalue weighted by Crippen LogP contribution is -2.31. The first kappa shape index (κ1) is 17.2. The average Bonchev–Trinajstić information content (AvgIpc) is 2.39. The molecule has 20 heavy (non-hydrogen) atoms. The molecule has 0 amide bonds. The van der Waals surface area contributed by atoms with Crippen molar-refractivity contribution in [2.45, 2.75) is 37.0 Å². The summed E-state index contributed by atoms with van der Waals surface area (Å²) in [5.41, 5.74) is 0.790. The van der Waals surface area contributed by atoms with E-state index < -0.39 is 15.6 Å². The average molecular weight is 326 g/mol. The van der Waals surface area contributed by atoms with Crippen molar-refractivity contribution < 1.29 is 17.2 Å². The number of alkyl halides is 3. The summed E-state index contributed by atoms with van der Waals surface area (Å²) in [6, 6.07) is 5.73. The van der Waals surface area contributed by atoms with Crippen molar-refractivity contribution in [3.8, 4) is 0 Å². The zero-order valence-electron chi connectivity index (χ0n) is 11.4. The standard InChI is InChI=1S/C13H18ClF2NO2S/c1-10(2)17(9-3-8-14)11-4-6-12(7-5-11)20(18,19)13(15)16/h4-7,10,13H,3,8-9H2,1-2H3. The molecule has 0 heterocycles. The highest BCUT2D eigenvalue weighted by molar-refractivity contribution is 7.91. The highest BCUT2D eigenvalue weighted by Crippen LogP contribution is 2.23. The van der Waals surface area contributed by atoms with Crippen LogP contribution in [0.4, 0.5) is 14.5 Å². The van der Waals surface area contributed by atoms with Crippen LogP contribution in [-0.2, 0) is 9.84 Å². The quantitative estimate of drug-likeness (QED) is 0.720.